The molecule has 0 fully saturated rings. The van der Waals surface area contributed by atoms with E-state index in [4.69, 9.17) is 15.9 Å². The molecule has 0 aliphatic carbocycles. The number of rotatable bonds is 6. The van der Waals surface area contributed by atoms with E-state index in [1.165, 1.54) is 13.8 Å². The van der Waals surface area contributed by atoms with Crippen LogP contribution < -0.4 is 16.4 Å². The van der Waals surface area contributed by atoms with E-state index < -0.39 is 42.5 Å². The molecule has 0 saturated carbocycles. The highest BCUT2D eigenvalue weighted by Gasteiger charge is 2.23. The van der Waals surface area contributed by atoms with Crippen LogP contribution in [-0.2, 0) is 14.4 Å². The van der Waals surface area contributed by atoms with E-state index in [0.717, 1.165) is 0 Å². The second-order valence-corrected chi connectivity index (χ2v) is 3.61. The second-order valence-electron chi connectivity index (χ2n) is 3.61. The summed E-state index contributed by atoms with van der Waals surface area (Å²) < 4.78 is 0. The first-order valence-electron chi connectivity index (χ1n) is 4.99. The number of aliphatic hydroxyl groups is 1. The highest BCUT2D eigenvalue weighted by atomic mass is 16.4. The van der Waals surface area contributed by atoms with Gasteiger partial charge in [0.15, 0.2) is 0 Å². The van der Waals surface area contributed by atoms with Crippen molar-refractivity contribution in [2.24, 2.45) is 5.73 Å². The summed E-state index contributed by atoms with van der Waals surface area (Å²) in [6.45, 7) is 2.20. The summed E-state index contributed by atoms with van der Waals surface area (Å²) in [5.74, 6) is -2.51. The van der Waals surface area contributed by atoms with Gasteiger partial charge in [0.1, 0.15) is 18.6 Å². The van der Waals surface area contributed by atoms with E-state index in [1.807, 2.05) is 0 Å². The fourth-order valence-electron chi connectivity index (χ4n) is 0.910. The Morgan fingerprint density at radius 2 is 1.76 bits per heavy atom. The normalized spacial score (nSPS) is 15.5. The number of hydrogen-bond acceptors (Lipinski definition) is 5. The maximum Gasteiger partial charge on any atom is 0.322 e. The van der Waals surface area contributed by atoms with Crippen molar-refractivity contribution in [2.45, 2.75) is 32.0 Å². The van der Waals surface area contributed by atoms with Crippen molar-refractivity contribution in [1.82, 2.24) is 10.6 Å². The van der Waals surface area contributed by atoms with E-state index >= 15 is 0 Å². The van der Waals surface area contributed by atoms with Crippen LogP contribution in [0.4, 0.5) is 0 Å². The monoisotopic (exact) mass is 247 g/mol. The zero-order valence-electron chi connectivity index (χ0n) is 9.64. The minimum Gasteiger partial charge on any atom is -0.480 e. The number of nitrogens with two attached hydrogens (primary N) is 1. The topological polar surface area (TPSA) is 142 Å². The predicted molar refractivity (Wildman–Crippen MR) is 57.9 cm³/mol. The van der Waals surface area contributed by atoms with Crippen molar-refractivity contribution in [3.05, 3.63) is 0 Å². The van der Waals surface area contributed by atoms with Crippen molar-refractivity contribution in [3.8, 4) is 0 Å². The maximum absolute atomic E-state index is 11.3. The van der Waals surface area contributed by atoms with E-state index in [-0.39, 0.29) is 0 Å². The molecular weight excluding hydrogens is 230 g/mol. The lowest BCUT2D eigenvalue weighted by Gasteiger charge is -2.18. The highest BCUT2D eigenvalue weighted by Crippen LogP contribution is 1.91. The first-order valence-corrected chi connectivity index (χ1v) is 4.99. The Labute approximate surface area is 98.2 Å². The highest BCUT2D eigenvalue weighted by molar-refractivity contribution is 5.90. The van der Waals surface area contributed by atoms with Gasteiger partial charge in [0.25, 0.3) is 0 Å². The Hall–Kier alpha value is -1.67. The van der Waals surface area contributed by atoms with E-state index in [9.17, 15) is 14.4 Å². The molecule has 3 atom stereocenters. The number of aliphatic hydroxyl groups excluding tert-OH is 1. The standard InChI is InChI=1S/C9H17N3O5/c1-4(8(16)11-3-6(14)15)12-9(17)7(10)5(2)13/h4-5,7,13H,3,10H2,1-2H3,(H,11,16)(H,12,17)(H,14,15). The molecule has 8 heteroatoms. The van der Waals surface area contributed by atoms with Gasteiger partial charge in [-0.15, -0.1) is 0 Å². The summed E-state index contributed by atoms with van der Waals surface area (Å²) in [7, 11) is 0. The number of aliphatic carboxylic acids is 1. The number of carbonyl (C=O) groups excluding carboxylic acids is 2. The van der Waals surface area contributed by atoms with Gasteiger partial charge < -0.3 is 26.6 Å². The van der Waals surface area contributed by atoms with Gasteiger partial charge in [-0.05, 0) is 13.8 Å². The molecule has 98 valence electrons. The third-order valence-electron chi connectivity index (χ3n) is 1.99. The molecule has 8 nitrogen and oxygen atoms in total. The molecule has 0 spiro atoms. The van der Waals surface area contributed by atoms with Gasteiger partial charge in [-0.1, -0.05) is 0 Å². The number of carboxylic acids is 1. The minimum absolute atomic E-state index is 0.526. The summed E-state index contributed by atoms with van der Waals surface area (Å²) in [5, 5.41) is 21.7. The first-order chi connectivity index (χ1) is 7.75. The fourth-order valence-corrected chi connectivity index (χ4v) is 0.910. The van der Waals surface area contributed by atoms with Crippen LogP contribution in [0.25, 0.3) is 0 Å². The lowest BCUT2D eigenvalue weighted by atomic mass is 10.1. The van der Waals surface area contributed by atoms with Gasteiger partial charge in [0.05, 0.1) is 6.10 Å². The van der Waals surface area contributed by atoms with E-state index in [0.29, 0.717) is 0 Å². The predicted octanol–water partition coefficient (Wildman–Crippen LogP) is -2.60. The summed E-state index contributed by atoms with van der Waals surface area (Å²) >= 11 is 0. The van der Waals surface area contributed by atoms with Crippen LogP contribution in [0.1, 0.15) is 13.8 Å². The van der Waals surface area contributed by atoms with Crippen molar-refractivity contribution >= 4 is 17.8 Å². The Balaban J connectivity index is 4.16. The van der Waals surface area contributed by atoms with E-state index in [1.54, 1.807) is 0 Å². The Morgan fingerprint density at radius 1 is 1.24 bits per heavy atom. The van der Waals surface area contributed by atoms with Crippen LogP contribution in [-0.4, -0.2) is 52.7 Å². The third-order valence-corrected chi connectivity index (χ3v) is 1.99. The molecule has 0 aliphatic rings. The minimum atomic E-state index is -1.18. The SMILES string of the molecule is CC(NC(=O)C(N)C(C)O)C(=O)NCC(=O)O. The third kappa shape index (κ3) is 5.83. The van der Waals surface area contributed by atoms with Gasteiger partial charge in [-0.25, -0.2) is 0 Å². The lowest BCUT2D eigenvalue weighted by molar-refractivity contribution is -0.138. The molecule has 3 unspecified atom stereocenters. The number of hydrogen-bond donors (Lipinski definition) is 5. The molecule has 6 N–H and O–H groups in total. The molecule has 17 heavy (non-hydrogen) atoms. The molecule has 2 amide bonds. The molecule has 0 aromatic rings. The molecule has 0 radical (unpaired) electrons. The first kappa shape index (κ1) is 15.3. The maximum atomic E-state index is 11.3. The largest absolute Gasteiger partial charge is 0.480 e. The number of nitrogens with one attached hydrogen (secondary N) is 2. The van der Waals surface area contributed by atoms with Crippen molar-refractivity contribution in [2.75, 3.05) is 6.54 Å². The average molecular weight is 247 g/mol. The molecule has 0 aromatic carbocycles. The molecule has 0 heterocycles. The van der Waals surface area contributed by atoms with Gasteiger partial charge in [0.2, 0.25) is 11.8 Å². The average Bonchev–Trinajstić information content (AvgIpc) is 2.24. The molecule has 0 bridgehead atoms. The number of carboxylic acid groups (broad SMARTS) is 1. The quantitative estimate of drug-likeness (QED) is 0.348. The van der Waals surface area contributed by atoms with Crippen molar-refractivity contribution in [3.63, 3.8) is 0 Å². The van der Waals surface area contributed by atoms with Crippen LogP contribution in [0.15, 0.2) is 0 Å². The summed E-state index contributed by atoms with van der Waals surface area (Å²) in [6.07, 6.45) is -1.04. The van der Waals surface area contributed by atoms with Gasteiger partial charge in [-0.3, -0.25) is 14.4 Å². The van der Waals surface area contributed by atoms with Crippen molar-refractivity contribution < 1.29 is 24.6 Å². The van der Waals surface area contributed by atoms with Crippen LogP contribution in [0, 0.1) is 0 Å². The van der Waals surface area contributed by atoms with Crippen LogP contribution in [0.5, 0.6) is 0 Å². The van der Waals surface area contributed by atoms with Gasteiger partial charge in [-0.2, -0.15) is 0 Å². The molecule has 0 aliphatic heterocycles. The van der Waals surface area contributed by atoms with Crippen molar-refractivity contribution in [1.29, 1.82) is 0 Å². The molecule has 0 aromatic heterocycles. The summed E-state index contributed by atoms with van der Waals surface area (Å²) in [5.41, 5.74) is 5.34. The van der Waals surface area contributed by atoms with Crippen LogP contribution in [0.2, 0.25) is 0 Å². The Bertz CT molecular complexity index is 305. The zero-order valence-corrected chi connectivity index (χ0v) is 9.64. The molecule has 0 saturated heterocycles. The Morgan fingerprint density at radius 3 is 2.18 bits per heavy atom. The van der Waals surface area contributed by atoms with Crippen LogP contribution in [0.3, 0.4) is 0 Å². The number of amides is 2. The van der Waals surface area contributed by atoms with Gasteiger partial charge in [0, 0.05) is 0 Å². The smallest absolute Gasteiger partial charge is 0.322 e. The zero-order chi connectivity index (χ0) is 13.6. The summed E-state index contributed by atoms with van der Waals surface area (Å²) in [4.78, 5) is 32.8. The molecule has 0 rings (SSSR count). The van der Waals surface area contributed by atoms with Crippen LogP contribution >= 0.6 is 0 Å². The van der Waals surface area contributed by atoms with E-state index in [2.05, 4.69) is 10.6 Å². The number of carbonyl (C=O) groups is 3. The summed E-state index contributed by atoms with van der Waals surface area (Å²) in [6, 6.07) is -2.06. The Kier molecular flexibility index (Phi) is 6.15. The lowest BCUT2D eigenvalue weighted by Crippen LogP contribution is -2.53. The molecular formula is C9H17N3O5. The van der Waals surface area contributed by atoms with Gasteiger partial charge >= 0.3 is 5.97 Å². The second kappa shape index (κ2) is 6.81. The fraction of sp³-hybridized carbons (Fsp3) is 0.667.